The zero-order chi connectivity index (χ0) is 41.0. The van der Waals surface area contributed by atoms with Crippen LogP contribution in [0.5, 0.6) is 5.75 Å². The minimum absolute atomic E-state index is 0.115. The van der Waals surface area contributed by atoms with E-state index in [9.17, 15) is 32.2 Å². The molecule has 4 aliphatic rings. The molecule has 0 aromatic heterocycles. The van der Waals surface area contributed by atoms with Gasteiger partial charge in [-0.25, -0.2) is 13.5 Å². The SMILES string of the molecule is CN1CC/C=C/[C@H](OCCN2CCC(F)(F)CC2)[C@@H]2CC[C@H]2CN2CCCCc3cc(Cl)ccc3COc3ccc(cc32)C(O)(C(=O)NS(=O)(=O)N(C)C)CC1O. The van der Waals surface area contributed by atoms with E-state index < -0.39 is 40.3 Å². The number of amides is 1. The molecular weight excluding hydrogens is 780 g/mol. The molecule has 0 spiro atoms. The van der Waals surface area contributed by atoms with Gasteiger partial charge in [0, 0.05) is 77.6 Å². The maximum Gasteiger partial charge on any atom is 0.303 e. The maximum atomic E-state index is 14.0. The Labute approximate surface area is 340 Å². The number of aliphatic hydroxyl groups is 2. The molecule has 2 fully saturated rings. The molecule has 1 saturated heterocycles. The highest BCUT2D eigenvalue weighted by Gasteiger charge is 2.44. The third-order valence-corrected chi connectivity index (χ3v) is 13.8. The van der Waals surface area contributed by atoms with Crippen molar-refractivity contribution in [3.05, 3.63) is 70.3 Å². The first-order valence-corrected chi connectivity index (χ1v) is 21.9. The van der Waals surface area contributed by atoms with Gasteiger partial charge < -0.3 is 29.5 Å². The minimum Gasteiger partial charge on any atom is -0.487 e. The van der Waals surface area contributed by atoms with Crippen molar-refractivity contribution in [3.8, 4) is 5.75 Å². The maximum absolute atomic E-state index is 14.0. The molecule has 12 nitrogen and oxygen atoms in total. The van der Waals surface area contributed by atoms with Crippen LogP contribution in [-0.2, 0) is 38.4 Å². The number of aryl methyl sites for hydroxylation is 1. The molecule has 16 heteroatoms. The van der Waals surface area contributed by atoms with E-state index in [1.165, 1.54) is 14.1 Å². The molecule has 3 N–H and O–H groups in total. The Morgan fingerprint density at radius 2 is 1.84 bits per heavy atom. The molecule has 5 atom stereocenters. The van der Waals surface area contributed by atoms with Crippen LogP contribution in [-0.4, -0.2) is 124 Å². The summed E-state index contributed by atoms with van der Waals surface area (Å²) in [7, 11) is -0.0733. The molecule has 0 radical (unpaired) electrons. The van der Waals surface area contributed by atoms with Crippen LogP contribution in [0.3, 0.4) is 0 Å². The second kappa shape index (κ2) is 18.6. The van der Waals surface area contributed by atoms with Crippen LogP contribution >= 0.6 is 11.6 Å². The van der Waals surface area contributed by atoms with Gasteiger partial charge in [0.05, 0.1) is 18.4 Å². The number of piperidine rings is 1. The first-order valence-electron chi connectivity index (χ1n) is 20.1. The van der Waals surface area contributed by atoms with Crippen LogP contribution in [0.1, 0.15) is 68.1 Å². The van der Waals surface area contributed by atoms with E-state index in [0.29, 0.717) is 68.8 Å². The molecule has 1 amide bonds. The van der Waals surface area contributed by atoms with Gasteiger partial charge in [0.2, 0.25) is 0 Å². The van der Waals surface area contributed by atoms with E-state index in [-0.39, 0.29) is 43.0 Å². The van der Waals surface area contributed by atoms with E-state index >= 15 is 0 Å². The predicted octanol–water partition coefficient (Wildman–Crippen LogP) is 4.91. The first kappa shape index (κ1) is 43.7. The van der Waals surface area contributed by atoms with Crippen molar-refractivity contribution in [1.82, 2.24) is 18.8 Å². The molecule has 2 aromatic carbocycles. The number of benzene rings is 2. The lowest BCUT2D eigenvalue weighted by Gasteiger charge is -2.44. The van der Waals surface area contributed by atoms with Crippen molar-refractivity contribution >= 4 is 33.4 Å². The van der Waals surface area contributed by atoms with Crippen LogP contribution in [0.25, 0.3) is 0 Å². The molecule has 2 bridgehead atoms. The first-order chi connectivity index (χ1) is 27.0. The summed E-state index contributed by atoms with van der Waals surface area (Å²) >= 11 is 6.39. The van der Waals surface area contributed by atoms with Crippen molar-refractivity contribution in [2.75, 3.05) is 71.9 Å². The highest BCUT2D eigenvalue weighted by molar-refractivity contribution is 7.87. The number of likely N-dealkylation sites (tertiary alicyclic amines) is 1. The molecule has 3 heterocycles. The fraction of sp³-hybridized carbons (Fsp3) is 0.634. The van der Waals surface area contributed by atoms with Crippen LogP contribution < -0.4 is 14.4 Å². The van der Waals surface area contributed by atoms with Gasteiger partial charge in [0.1, 0.15) is 18.6 Å². The lowest BCUT2D eigenvalue weighted by molar-refractivity contribution is -0.146. The number of hydrogen-bond donors (Lipinski definition) is 3. The van der Waals surface area contributed by atoms with E-state index in [4.69, 9.17) is 21.1 Å². The molecule has 6 rings (SSSR count). The summed E-state index contributed by atoms with van der Waals surface area (Å²) < 4.78 is 69.4. The molecule has 1 saturated carbocycles. The van der Waals surface area contributed by atoms with Crippen LogP contribution in [0, 0.1) is 11.8 Å². The van der Waals surface area contributed by atoms with Gasteiger partial charge in [0.25, 0.3) is 11.8 Å². The second-order valence-electron chi connectivity index (χ2n) is 16.3. The number of hydrogen-bond acceptors (Lipinski definition) is 10. The number of nitrogens with one attached hydrogen (secondary N) is 1. The third kappa shape index (κ3) is 10.8. The van der Waals surface area contributed by atoms with Crippen molar-refractivity contribution < 1.29 is 41.7 Å². The molecule has 316 valence electrons. The topological polar surface area (TPSA) is 135 Å². The van der Waals surface area contributed by atoms with E-state index in [2.05, 4.69) is 11.0 Å². The Hall–Kier alpha value is -2.89. The summed E-state index contributed by atoms with van der Waals surface area (Å²) in [5.74, 6) is -2.86. The van der Waals surface area contributed by atoms with Gasteiger partial charge in [-0.2, -0.15) is 12.7 Å². The van der Waals surface area contributed by atoms with Gasteiger partial charge >= 0.3 is 10.2 Å². The predicted molar refractivity (Wildman–Crippen MR) is 216 cm³/mol. The van der Waals surface area contributed by atoms with E-state index in [1.54, 1.807) is 30.1 Å². The number of aliphatic hydroxyl groups excluding tert-OH is 1. The van der Waals surface area contributed by atoms with Gasteiger partial charge in [0.15, 0.2) is 5.60 Å². The zero-order valence-electron chi connectivity index (χ0n) is 33.2. The second-order valence-corrected chi connectivity index (χ2v) is 18.6. The highest BCUT2D eigenvalue weighted by atomic mass is 35.5. The normalized spacial score (nSPS) is 28.5. The summed E-state index contributed by atoms with van der Waals surface area (Å²) in [5, 5.41) is 24.5. The van der Waals surface area contributed by atoms with Gasteiger partial charge in [-0.15, -0.1) is 0 Å². The van der Waals surface area contributed by atoms with Crippen molar-refractivity contribution in [1.29, 1.82) is 0 Å². The number of carbonyl (C=O) groups excluding carboxylic acids is 1. The van der Waals surface area contributed by atoms with E-state index in [0.717, 1.165) is 47.5 Å². The highest BCUT2D eigenvalue weighted by Crippen LogP contribution is 2.43. The smallest absolute Gasteiger partial charge is 0.303 e. The van der Waals surface area contributed by atoms with Crippen molar-refractivity contribution in [3.63, 3.8) is 0 Å². The molecule has 2 aromatic rings. The van der Waals surface area contributed by atoms with Gasteiger partial charge in [-0.3, -0.25) is 9.69 Å². The minimum atomic E-state index is -4.30. The average molecular weight is 838 g/mol. The quantitative estimate of drug-likeness (QED) is 0.331. The number of anilines is 1. The number of alkyl halides is 2. The fourth-order valence-corrected chi connectivity index (χ4v) is 8.97. The standard InChI is InChI=1S/C41H58ClF2N5O7S/c1-46(2)57(53,54)45-39(51)41(52)26-38(50)47(3)18-6-5-9-36(55-23-22-48-20-16-40(43,44)17-21-48)34-14-11-30(34)27-49-19-7-4-8-29-24-33(42)13-10-31(29)28-56-37-15-12-32(41)25-35(37)49/h5,9-10,12-13,15,24-25,30,34,36,38,50,52H,4,6-8,11,14,16-23,26-28H2,1-3H3,(H,45,51)/b9-5+/t30-,34+,36-,38?,41?/m0/s1. The summed E-state index contributed by atoms with van der Waals surface area (Å²) in [6.07, 6.45) is 6.69. The van der Waals surface area contributed by atoms with Crippen molar-refractivity contribution in [2.24, 2.45) is 11.8 Å². The Bertz CT molecular complexity index is 1850. The Morgan fingerprint density at radius 1 is 1.07 bits per heavy atom. The fourth-order valence-electron chi connectivity index (χ4n) is 8.19. The Morgan fingerprint density at radius 3 is 2.56 bits per heavy atom. The van der Waals surface area contributed by atoms with Gasteiger partial charge in [-0.1, -0.05) is 35.9 Å². The Kier molecular flexibility index (Phi) is 14.2. The summed E-state index contributed by atoms with van der Waals surface area (Å²) in [6.45, 7) is 3.56. The Balaban J connectivity index is 1.35. The average Bonchev–Trinajstić information content (AvgIpc) is 3.17. The molecule has 1 aliphatic carbocycles. The monoisotopic (exact) mass is 837 g/mol. The largest absolute Gasteiger partial charge is 0.487 e. The zero-order valence-corrected chi connectivity index (χ0v) is 34.8. The molecular formula is C41H58ClF2N5O7S. The summed E-state index contributed by atoms with van der Waals surface area (Å²) in [4.78, 5) is 19.8. The van der Waals surface area contributed by atoms with Crippen LogP contribution in [0.2, 0.25) is 5.02 Å². The molecule has 3 aliphatic heterocycles. The van der Waals surface area contributed by atoms with Crippen LogP contribution in [0.4, 0.5) is 14.5 Å². The summed E-state index contributed by atoms with van der Waals surface area (Å²) in [6, 6.07) is 10.7. The number of carbonyl (C=O) groups is 1. The molecule has 57 heavy (non-hydrogen) atoms. The van der Waals surface area contributed by atoms with Crippen LogP contribution in [0.15, 0.2) is 48.6 Å². The number of fused-ring (bicyclic) bond motifs is 3. The number of halogens is 3. The lowest BCUT2D eigenvalue weighted by Crippen LogP contribution is -2.52. The van der Waals surface area contributed by atoms with Crippen molar-refractivity contribution in [2.45, 2.75) is 88.2 Å². The number of ether oxygens (including phenoxy) is 2. The van der Waals surface area contributed by atoms with E-state index in [1.807, 2.05) is 33.9 Å². The van der Waals surface area contributed by atoms with Gasteiger partial charge in [-0.05, 0) is 98.4 Å². The lowest BCUT2D eigenvalue weighted by atomic mass is 9.70. The number of nitrogens with zero attached hydrogens (tertiary/aromatic N) is 4. The summed E-state index contributed by atoms with van der Waals surface area (Å²) in [5.41, 5.74) is 0.404. The molecule has 2 unspecified atom stereocenters. The third-order valence-electron chi connectivity index (χ3n) is 12.2. The number of rotatable bonds is 7.